The molecule has 3 aliphatic rings. The summed E-state index contributed by atoms with van der Waals surface area (Å²) < 4.78 is 26.4. The Hall–Kier alpha value is -3.48. The third-order valence-electron chi connectivity index (χ3n) is 10.8. The fourth-order valence-corrected chi connectivity index (χ4v) is 9.24. The molecule has 272 valence electrons. The highest BCUT2D eigenvalue weighted by atomic mass is 32.2. The molecule has 12 nitrogen and oxygen atoms in total. The lowest BCUT2D eigenvalue weighted by Crippen LogP contribution is -2.62. The highest BCUT2D eigenvalue weighted by Gasteiger charge is 2.70. The summed E-state index contributed by atoms with van der Waals surface area (Å²) in [5, 5.41) is 8.42. The van der Waals surface area contributed by atoms with Crippen LogP contribution in [0.5, 0.6) is 0 Å². The van der Waals surface area contributed by atoms with E-state index in [1.165, 1.54) is 4.90 Å². The molecule has 5 unspecified atom stereocenters. The molecule has 3 fully saturated rings. The number of carbonyl (C=O) groups excluding carboxylic acids is 5. The van der Waals surface area contributed by atoms with Crippen LogP contribution in [0.3, 0.4) is 0 Å². The van der Waals surface area contributed by atoms with E-state index < -0.39 is 74.4 Å². The van der Waals surface area contributed by atoms with Gasteiger partial charge in [0.15, 0.2) is 9.84 Å². The quantitative estimate of drug-likeness (QED) is 0.228. The molecule has 4 rings (SSSR count). The molecule has 1 aliphatic heterocycles. The maximum Gasteiger partial charge on any atom is 0.315 e. The van der Waals surface area contributed by atoms with Crippen LogP contribution in [0, 0.1) is 34.0 Å². The van der Waals surface area contributed by atoms with E-state index in [1.54, 1.807) is 45.0 Å². The van der Waals surface area contributed by atoms with E-state index in [9.17, 15) is 32.4 Å². The van der Waals surface area contributed by atoms with Gasteiger partial charge in [0.1, 0.15) is 12.1 Å². The first-order chi connectivity index (χ1) is 22.5. The molecule has 2 saturated carbocycles. The number of likely N-dealkylation sites (tertiary alicyclic amines) is 1. The number of nitrogens with two attached hydrogens (primary N) is 1. The van der Waals surface area contributed by atoms with Crippen molar-refractivity contribution in [3.63, 3.8) is 0 Å². The number of fused-ring (bicyclic) bond motifs is 1. The summed E-state index contributed by atoms with van der Waals surface area (Å²) in [5.74, 6) is -3.32. The van der Waals surface area contributed by atoms with Gasteiger partial charge in [-0.3, -0.25) is 19.2 Å². The van der Waals surface area contributed by atoms with Gasteiger partial charge in [0.25, 0.3) is 5.91 Å². The predicted molar refractivity (Wildman–Crippen MR) is 186 cm³/mol. The SMILES string of the molecule is CC(C)(C)C(CS(=O)(=O)Cc1ccccc1)NC(=O)N[C@H](C(=O)N1CC2C(C1C(=O)NC(CC1CCC1)C(=O)C(N)=O)C2(C)C)C(C)(C)C. The highest BCUT2D eigenvalue weighted by Crippen LogP contribution is 2.65. The van der Waals surface area contributed by atoms with Crippen LogP contribution < -0.4 is 21.7 Å². The minimum Gasteiger partial charge on any atom is -0.363 e. The topological polar surface area (TPSA) is 185 Å². The number of hydrogen-bond acceptors (Lipinski definition) is 7. The number of urea groups is 1. The lowest BCUT2D eigenvalue weighted by Gasteiger charge is -2.39. The summed E-state index contributed by atoms with van der Waals surface area (Å²) in [6.07, 6.45) is 3.14. The van der Waals surface area contributed by atoms with Crippen molar-refractivity contribution in [2.45, 2.75) is 111 Å². The molecule has 6 atom stereocenters. The third-order valence-corrected chi connectivity index (χ3v) is 12.4. The number of Topliss-reactive ketones (excluding diaryl/α,β-unsaturated/α-hetero) is 1. The zero-order chi connectivity index (χ0) is 36.7. The highest BCUT2D eigenvalue weighted by molar-refractivity contribution is 7.90. The van der Waals surface area contributed by atoms with Crippen LogP contribution in [0.1, 0.15) is 86.6 Å². The first-order valence-corrected chi connectivity index (χ1v) is 19.1. The minimum atomic E-state index is -3.62. The fourth-order valence-electron chi connectivity index (χ4n) is 7.33. The van der Waals surface area contributed by atoms with Crippen molar-refractivity contribution in [1.82, 2.24) is 20.9 Å². The molecule has 13 heteroatoms. The molecule has 5 amide bonds. The molecule has 2 aliphatic carbocycles. The number of primary amides is 1. The number of nitrogens with zero attached hydrogens (tertiary/aromatic N) is 1. The zero-order valence-electron chi connectivity index (χ0n) is 30.2. The number of carbonyl (C=O) groups is 5. The van der Waals surface area contributed by atoms with Crippen molar-refractivity contribution in [2.24, 2.45) is 39.7 Å². The van der Waals surface area contributed by atoms with Gasteiger partial charge in [0.05, 0.1) is 17.5 Å². The number of nitrogens with one attached hydrogen (secondary N) is 3. The van der Waals surface area contributed by atoms with Crippen LogP contribution in [0.25, 0.3) is 0 Å². The second-order valence-corrected chi connectivity index (χ2v) is 19.2. The number of ketones is 1. The predicted octanol–water partition coefficient (Wildman–Crippen LogP) is 2.94. The normalized spacial score (nSPS) is 23.7. The van der Waals surface area contributed by atoms with Crippen LogP contribution in [-0.2, 0) is 34.8 Å². The van der Waals surface area contributed by atoms with Gasteiger partial charge in [-0.25, -0.2) is 13.2 Å². The number of rotatable bonds is 13. The van der Waals surface area contributed by atoms with Crippen molar-refractivity contribution in [3.05, 3.63) is 35.9 Å². The summed E-state index contributed by atoms with van der Waals surface area (Å²) in [4.78, 5) is 68.0. The van der Waals surface area contributed by atoms with E-state index in [4.69, 9.17) is 5.73 Å². The average Bonchev–Trinajstić information content (AvgIpc) is 3.26. The Morgan fingerprint density at radius 1 is 0.939 bits per heavy atom. The monoisotopic (exact) mass is 701 g/mol. The van der Waals surface area contributed by atoms with E-state index in [0.717, 1.165) is 19.3 Å². The maximum absolute atomic E-state index is 14.4. The van der Waals surface area contributed by atoms with Gasteiger partial charge in [-0.05, 0) is 46.0 Å². The number of piperidine rings is 1. The van der Waals surface area contributed by atoms with Crippen molar-refractivity contribution < 1.29 is 32.4 Å². The molecule has 5 N–H and O–H groups in total. The Morgan fingerprint density at radius 3 is 2.06 bits per heavy atom. The average molecular weight is 702 g/mol. The second-order valence-electron chi connectivity index (χ2n) is 17.1. The van der Waals surface area contributed by atoms with Crippen LogP contribution in [0.2, 0.25) is 0 Å². The molecular formula is C36H55N5O7S. The van der Waals surface area contributed by atoms with Gasteiger partial charge in [-0.2, -0.15) is 0 Å². The summed E-state index contributed by atoms with van der Waals surface area (Å²) in [7, 11) is -3.62. The first kappa shape index (κ1) is 38.3. The van der Waals surface area contributed by atoms with Crippen LogP contribution in [0.15, 0.2) is 30.3 Å². The number of sulfone groups is 1. The van der Waals surface area contributed by atoms with E-state index in [1.807, 2.05) is 40.7 Å². The van der Waals surface area contributed by atoms with Crippen molar-refractivity contribution in [1.29, 1.82) is 0 Å². The first-order valence-electron chi connectivity index (χ1n) is 17.3. The van der Waals surface area contributed by atoms with Gasteiger partial charge in [0.2, 0.25) is 17.6 Å². The number of amides is 5. The van der Waals surface area contributed by atoms with Crippen molar-refractivity contribution in [2.75, 3.05) is 12.3 Å². The Labute approximate surface area is 291 Å². The lowest BCUT2D eigenvalue weighted by molar-refractivity contribution is -0.145. The number of benzene rings is 1. The van der Waals surface area contributed by atoms with Gasteiger partial charge >= 0.3 is 6.03 Å². The number of hydrogen-bond donors (Lipinski definition) is 4. The zero-order valence-corrected chi connectivity index (χ0v) is 31.0. The van der Waals surface area contributed by atoms with E-state index >= 15 is 0 Å². The molecule has 0 bridgehead atoms. The Bertz CT molecular complexity index is 1540. The Morgan fingerprint density at radius 2 is 1.55 bits per heavy atom. The minimum absolute atomic E-state index is 0.0404. The van der Waals surface area contributed by atoms with E-state index in [-0.39, 0.29) is 34.7 Å². The molecule has 1 heterocycles. The Kier molecular flexibility index (Phi) is 11.0. The molecule has 0 spiro atoms. The summed E-state index contributed by atoms with van der Waals surface area (Å²) in [5.41, 5.74) is 4.34. The van der Waals surface area contributed by atoms with Crippen LogP contribution >= 0.6 is 0 Å². The standard InChI is InChI=1S/C36H55N5O7S/c1-34(2,3)25(20-49(47,48)19-22-13-10-9-11-14-22)39-33(46)40-29(35(4,5)6)32(45)41-18-23-26(36(23,7)8)27(41)31(44)38-24(28(42)30(37)43)17-21-15-12-16-21/h9-11,13-14,21,23-27,29H,12,15-20H2,1-8H3,(H2,37,43)(H,38,44)(H2,39,40,46)/t23?,24?,25?,26?,27?,29-/m1/s1. The fraction of sp³-hybridized carbons (Fsp3) is 0.694. The molecule has 49 heavy (non-hydrogen) atoms. The van der Waals surface area contributed by atoms with Gasteiger partial charge < -0.3 is 26.6 Å². The lowest BCUT2D eigenvalue weighted by atomic mass is 9.80. The third kappa shape index (κ3) is 9.01. The van der Waals surface area contributed by atoms with Crippen LogP contribution in [-0.4, -0.2) is 79.3 Å². The van der Waals surface area contributed by atoms with E-state index in [0.29, 0.717) is 18.5 Å². The summed E-state index contributed by atoms with van der Waals surface area (Å²) >= 11 is 0. The molecule has 1 aromatic rings. The van der Waals surface area contributed by atoms with Gasteiger partial charge in [-0.1, -0.05) is 105 Å². The smallest absolute Gasteiger partial charge is 0.315 e. The van der Waals surface area contributed by atoms with E-state index in [2.05, 4.69) is 16.0 Å². The molecule has 1 aromatic carbocycles. The summed E-state index contributed by atoms with van der Waals surface area (Å²) in [6, 6.07) is 4.33. The van der Waals surface area contributed by atoms with Crippen molar-refractivity contribution in [3.8, 4) is 0 Å². The Balaban J connectivity index is 1.52. The van der Waals surface area contributed by atoms with Crippen molar-refractivity contribution >= 4 is 39.4 Å². The maximum atomic E-state index is 14.4. The molecule has 0 radical (unpaired) electrons. The molecular weight excluding hydrogens is 646 g/mol. The van der Waals surface area contributed by atoms with Crippen LogP contribution in [0.4, 0.5) is 4.79 Å². The molecule has 1 saturated heterocycles. The van der Waals surface area contributed by atoms with Gasteiger partial charge in [-0.15, -0.1) is 0 Å². The largest absolute Gasteiger partial charge is 0.363 e. The summed E-state index contributed by atoms with van der Waals surface area (Å²) in [6.45, 7) is 15.3. The molecule has 0 aromatic heterocycles. The van der Waals surface area contributed by atoms with Gasteiger partial charge in [0, 0.05) is 12.6 Å². The second kappa shape index (κ2) is 14.0.